The number of benzene rings is 2. The number of anilines is 3. The lowest BCUT2D eigenvalue weighted by Gasteiger charge is -2.15. The van der Waals surface area contributed by atoms with Gasteiger partial charge in [-0.1, -0.05) is 11.3 Å². The summed E-state index contributed by atoms with van der Waals surface area (Å²) >= 11 is 1.40. The molecule has 2 aromatic heterocycles. The molecule has 1 aliphatic heterocycles. The quantitative estimate of drug-likeness (QED) is 0.224. The SMILES string of the molecule is O=C(Nc1cnc(Oc2ccc(-c3cnc(N4CCCC4=O)s3)cc2)nc1)Nc1cc(C(F)(F)F)cc(C(F)(F)F)c1. The van der Waals surface area contributed by atoms with Gasteiger partial charge in [0.1, 0.15) is 5.75 Å². The predicted octanol–water partition coefficient (Wildman–Crippen LogP) is 7.20. The van der Waals surface area contributed by atoms with Gasteiger partial charge in [-0.15, -0.1) is 0 Å². The molecule has 16 heteroatoms. The molecule has 3 heterocycles. The molecule has 0 aliphatic carbocycles. The van der Waals surface area contributed by atoms with Crippen LogP contribution in [0.15, 0.2) is 61.1 Å². The third-order valence-corrected chi connectivity index (χ3v) is 6.95. The number of alkyl halides is 6. The number of urea groups is 1. The monoisotopic (exact) mass is 608 g/mol. The molecule has 42 heavy (non-hydrogen) atoms. The van der Waals surface area contributed by atoms with E-state index >= 15 is 0 Å². The van der Waals surface area contributed by atoms with Crippen molar-refractivity contribution in [1.29, 1.82) is 0 Å². The first-order valence-electron chi connectivity index (χ1n) is 12.1. The molecule has 0 spiro atoms. The van der Waals surface area contributed by atoms with Crippen LogP contribution in [0, 0.1) is 0 Å². The molecule has 0 saturated carbocycles. The molecule has 3 amide bonds. The molecule has 0 radical (unpaired) electrons. The number of amides is 3. The number of ether oxygens (including phenoxy) is 1. The minimum Gasteiger partial charge on any atom is -0.424 e. The molecule has 9 nitrogen and oxygen atoms in total. The normalized spacial score (nSPS) is 13.8. The van der Waals surface area contributed by atoms with E-state index in [0.717, 1.165) is 29.3 Å². The summed E-state index contributed by atoms with van der Waals surface area (Å²) in [6.45, 7) is 0.649. The highest BCUT2D eigenvalue weighted by molar-refractivity contribution is 7.19. The average Bonchev–Trinajstić information content (AvgIpc) is 3.58. The van der Waals surface area contributed by atoms with Crippen molar-refractivity contribution in [3.05, 3.63) is 72.2 Å². The first kappa shape index (κ1) is 28.8. The van der Waals surface area contributed by atoms with Crippen molar-refractivity contribution in [3.63, 3.8) is 0 Å². The van der Waals surface area contributed by atoms with Gasteiger partial charge in [0.2, 0.25) is 5.91 Å². The summed E-state index contributed by atoms with van der Waals surface area (Å²) in [4.78, 5) is 38.9. The third kappa shape index (κ3) is 6.76. The van der Waals surface area contributed by atoms with Crippen molar-refractivity contribution in [3.8, 4) is 22.2 Å². The Balaban J connectivity index is 1.19. The van der Waals surface area contributed by atoms with E-state index in [2.05, 4.69) is 20.3 Å². The summed E-state index contributed by atoms with van der Waals surface area (Å²) in [5.74, 6) is 0.443. The number of hydrogen-bond donors (Lipinski definition) is 2. The molecule has 1 aliphatic rings. The number of aromatic nitrogens is 3. The smallest absolute Gasteiger partial charge is 0.416 e. The van der Waals surface area contributed by atoms with Crippen LogP contribution in [0.1, 0.15) is 24.0 Å². The lowest BCUT2D eigenvalue weighted by Crippen LogP contribution is -2.23. The summed E-state index contributed by atoms with van der Waals surface area (Å²) in [7, 11) is 0. The van der Waals surface area contributed by atoms with Gasteiger partial charge in [-0.05, 0) is 54.4 Å². The van der Waals surface area contributed by atoms with E-state index in [0.29, 0.717) is 36.0 Å². The number of halogens is 6. The van der Waals surface area contributed by atoms with Crippen LogP contribution in [0.5, 0.6) is 11.8 Å². The van der Waals surface area contributed by atoms with Gasteiger partial charge >= 0.3 is 24.4 Å². The topological polar surface area (TPSA) is 109 Å². The first-order valence-corrected chi connectivity index (χ1v) is 12.9. The second-order valence-corrected chi connectivity index (χ2v) is 9.92. The molecule has 4 aromatic rings. The number of nitrogens with zero attached hydrogens (tertiary/aromatic N) is 4. The second-order valence-electron chi connectivity index (χ2n) is 8.91. The molecule has 1 saturated heterocycles. The largest absolute Gasteiger partial charge is 0.424 e. The Hall–Kier alpha value is -4.73. The van der Waals surface area contributed by atoms with Crippen LogP contribution < -0.4 is 20.3 Å². The van der Waals surface area contributed by atoms with Gasteiger partial charge in [-0.25, -0.2) is 19.7 Å². The fourth-order valence-corrected chi connectivity index (χ4v) is 4.88. The lowest BCUT2D eigenvalue weighted by molar-refractivity contribution is -0.143. The van der Waals surface area contributed by atoms with Crippen LogP contribution in [-0.2, 0) is 17.1 Å². The number of rotatable bonds is 6. The zero-order chi connectivity index (χ0) is 30.1. The second kappa shape index (κ2) is 11.3. The van der Waals surface area contributed by atoms with E-state index in [1.807, 2.05) is 5.32 Å². The maximum Gasteiger partial charge on any atom is 0.416 e. The number of carbonyl (C=O) groups excluding carboxylic acids is 2. The summed E-state index contributed by atoms with van der Waals surface area (Å²) in [6.07, 6.45) is -4.83. The van der Waals surface area contributed by atoms with E-state index in [9.17, 15) is 35.9 Å². The molecule has 218 valence electrons. The Kier molecular flexibility index (Phi) is 7.73. The maximum absolute atomic E-state index is 13.0. The van der Waals surface area contributed by atoms with Gasteiger partial charge in [-0.2, -0.15) is 26.3 Å². The lowest BCUT2D eigenvalue weighted by atomic mass is 10.1. The van der Waals surface area contributed by atoms with E-state index < -0.39 is 35.2 Å². The Morgan fingerprint density at radius 2 is 1.48 bits per heavy atom. The van der Waals surface area contributed by atoms with Crippen LogP contribution in [-0.4, -0.2) is 33.4 Å². The van der Waals surface area contributed by atoms with E-state index in [-0.39, 0.29) is 23.7 Å². The van der Waals surface area contributed by atoms with Crippen LogP contribution in [0.3, 0.4) is 0 Å². The Labute approximate surface area is 237 Å². The highest BCUT2D eigenvalue weighted by atomic mass is 32.1. The highest BCUT2D eigenvalue weighted by Crippen LogP contribution is 2.38. The maximum atomic E-state index is 13.0. The molecule has 0 bridgehead atoms. The number of nitrogens with one attached hydrogen (secondary N) is 2. The van der Waals surface area contributed by atoms with Crippen molar-refractivity contribution in [1.82, 2.24) is 15.0 Å². The van der Waals surface area contributed by atoms with Crippen molar-refractivity contribution >= 4 is 39.8 Å². The fraction of sp³-hybridized carbons (Fsp3) is 0.192. The van der Waals surface area contributed by atoms with Crippen molar-refractivity contribution in [2.45, 2.75) is 25.2 Å². The number of thiazole rings is 1. The summed E-state index contributed by atoms with van der Waals surface area (Å²) < 4.78 is 83.8. The molecule has 0 unspecified atom stereocenters. The summed E-state index contributed by atoms with van der Waals surface area (Å²) in [5, 5.41) is 4.82. The zero-order valence-electron chi connectivity index (χ0n) is 21.1. The summed E-state index contributed by atoms with van der Waals surface area (Å²) in [5.41, 5.74) is -3.00. The molecule has 2 aromatic carbocycles. The fourth-order valence-electron chi connectivity index (χ4n) is 3.92. The van der Waals surface area contributed by atoms with Crippen LogP contribution in [0.4, 0.5) is 47.6 Å². The minimum absolute atomic E-state index is 0.00398. The van der Waals surface area contributed by atoms with E-state index in [1.165, 1.54) is 11.3 Å². The van der Waals surface area contributed by atoms with Gasteiger partial charge in [0.25, 0.3) is 0 Å². The van der Waals surface area contributed by atoms with Gasteiger partial charge < -0.3 is 15.4 Å². The van der Waals surface area contributed by atoms with Gasteiger partial charge in [-0.3, -0.25) is 9.69 Å². The molecule has 5 rings (SSSR count). The van der Waals surface area contributed by atoms with Crippen LogP contribution >= 0.6 is 11.3 Å². The molecular formula is C26H18F6N6O3S. The van der Waals surface area contributed by atoms with Crippen molar-refractivity contribution < 1.29 is 40.7 Å². The van der Waals surface area contributed by atoms with Crippen LogP contribution in [0.25, 0.3) is 10.4 Å². The zero-order valence-corrected chi connectivity index (χ0v) is 21.9. The number of hydrogen-bond acceptors (Lipinski definition) is 7. The van der Waals surface area contributed by atoms with Gasteiger partial charge in [0, 0.05) is 24.8 Å². The Morgan fingerprint density at radius 1 is 0.857 bits per heavy atom. The average molecular weight is 609 g/mol. The predicted molar refractivity (Wildman–Crippen MR) is 140 cm³/mol. The van der Waals surface area contributed by atoms with Gasteiger partial charge in [0.15, 0.2) is 5.13 Å². The van der Waals surface area contributed by atoms with E-state index in [4.69, 9.17) is 4.74 Å². The third-order valence-electron chi connectivity index (χ3n) is 5.88. The van der Waals surface area contributed by atoms with Crippen molar-refractivity contribution in [2.24, 2.45) is 0 Å². The molecule has 2 N–H and O–H groups in total. The first-order chi connectivity index (χ1) is 19.8. The van der Waals surface area contributed by atoms with Crippen LogP contribution in [0.2, 0.25) is 0 Å². The molecular weight excluding hydrogens is 590 g/mol. The highest BCUT2D eigenvalue weighted by Gasteiger charge is 2.37. The molecule has 0 atom stereocenters. The number of carbonyl (C=O) groups is 2. The Bertz CT molecular complexity index is 1570. The van der Waals surface area contributed by atoms with Crippen molar-refractivity contribution in [2.75, 3.05) is 22.1 Å². The van der Waals surface area contributed by atoms with E-state index in [1.54, 1.807) is 35.4 Å². The molecule has 1 fully saturated rings. The standard InChI is InChI=1S/C26H18F6N6O3S/c27-25(28,29)15-8-16(26(30,31)32)10-17(9-15)36-22(40)37-18-11-33-23(34-12-18)41-19-5-3-14(4-6-19)20-13-35-24(42-20)38-7-1-2-21(38)39/h3-6,8-13H,1-2,7H2,(H2,36,37,40). The minimum atomic E-state index is -5.06. The Morgan fingerprint density at radius 3 is 2.05 bits per heavy atom. The van der Waals surface area contributed by atoms with Gasteiger partial charge in [0.05, 0.1) is 34.1 Å². The summed E-state index contributed by atoms with van der Waals surface area (Å²) in [6, 6.07) is 6.44.